The van der Waals surface area contributed by atoms with Crippen LogP contribution in [-0.2, 0) is 9.84 Å². The molecule has 0 heterocycles. The Balaban J connectivity index is 1.80. The minimum atomic E-state index is -2.78. The smallest absolute Gasteiger partial charge is 0.150 e. The number of nitrogens with one attached hydrogen (secondary N) is 1. The van der Waals surface area contributed by atoms with E-state index in [1.54, 1.807) is 6.92 Å². The van der Waals surface area contributed by atoms with Gasteiger partial charge in [0.1, 0.15) is 9.84 Å². The number of fused-ring (bicyclic) bond motifs is 2. The van der Waals surface area contributed by atoms with Crippen LogP contribution in [0.15, 0.2) is 0 Å². The summed E-state index contributed by atoms with van der Waals surface area (Å²) in [6.45, 7) is 1.74. The first-order valence-electron chi connectivity index (χ1n) is 7.43. The van der Waals surface area contributed by atoms with Gasteiger partial charge in [0.25, 0.3) is 0 Å². The molecule has 4 atom stereocenters. The molecule has 2 rings (SSSR count). The van der Waals surface area contributed by atoms with Gasteiger partial charge in [0, 0.05) is 11.8 Å². The van der Waals surface area contributed by atoms with Gasteiger partial charge >= 0.3 is 0 Å². The van der Waals surface area contributed by atoms with Crippen molar-refractivity contribution in [3.8, 4) is 0 Å². The Morgan fingerprint density at radius 2 is 2.06 bits per heavy atom. The van der Waals surface area contributed by atoms with Gasteiger partial charge in [-0.2, -0.15) is 0 Å². The molecule has 2 bridgehead atoms. The van der Waals surface area contributed by atoms with Gasteiger partial charge in [0.15, 0.2) is 0 Å². The van der Waals surface area contributed by atoms with E-state index in [-0.39, 0.29) is 5.75 Å². The van der Waals surface area contributed by atoms with Gasteiger partial charge < -0.3 is 5.32 Å². The van der Waals surface area contributed by atoms with Crippen LogP contribution in [0.3, 0.4) is 0 Å². The van der Waals surface area contributed by atoms with Crippen LogP contribution in [0.4, 0.5) is 0 Å². The van der Waals surface area contributed by atoms with Gasteiger partial charge in [0.2, 0.25) is 0 Å². The molecule has 106 valence electrons. The summed E-state index contributed by atoms with van der Waals surface area (Å²) in [5.41, 5.74) is 0. The number of sulfone groups is 1. The van der Waals surface area contributed by atoms with E-state index >= 15 is 0 Å². The van der Waals surface area contributed by atoms with E-state index in [4.69, 9.17) is 0 Å². The topological polar surface area (TPSA) is 46.2 Å². The third kappa shape index (κ3) is 3.27. The lowest BCUT2D eigenvalue weighted by atomic mass is 9.82. The Hall–Kier alpha value is -0.0900. The molecule has 2 aliphatic rings. The summed E-state index contributed by atoms with van der Waals surface area (Å²) in [4.78, 5) is 0. The fourth-order valence-electron chi connectivity index (χ4n) is 4.03. The third-order valence-electron chi connectivity index (χ3n) is 5.09. The first-order chi connectivity index (χ1) is 8.55. The van der Waals surface area contributed by atoms with E-state index in [0.717, 1.165) is 30.6 Å². The molecule has 0 radical (unpaired) electrons. The highest BCUT2D eigenvalue weighted by Crippen LogP contribution is 2.50. The van der Waals surface area contributed by atoms with Crippen LogP contribution in [0, 0.1) is 17.8 Å². The normalized spacial score (nSPS) is 32.9. The summed E-state index contributed by atoms with van der Waals surface area (Å²) in [7, 11) is -0.752. The minimum absolute atomic E-state index is 0.283. The van der Waals surface area contributed by atoms with Crippen molar-refractivity contribution in [3.05, 3.63) is 0 Å². The lowest BCUT2D eigenvalue weighted by molar-refractivity contribution is 0.246. The Kier molecular flexibility index (Phi) is 4.70. The highest BCUT2D eigenvalue weighted by Gasteiger charge is 2.42. The van der Waals surface area contributed by atoms with Crippen molar-refractivity contribution in [1.29, 1.82) is 0 Å². The van der Waals surface area contributed by atoms with Crippen LogP contribution in [0.2, 0.25) is 0 Å². The maximum Gasteiger partial charge on any atom is 0.150 e. The van der Waals surface area contributed by atoms with Crippen molar-refractivity contribution < 1.29 is 8.42 Å². The second kappa shape index (κ2) is 5.91. The summed E-state index contributed by atoms with van der Waals surface area (Å²) in [6.07, 6.45) is 7.47. The third-order valence-corrected chi connectivity index (χ3v) is 6.88. The Bertz CT molecular complexity index is 366. The number of hydrogen-bond acceptors (Lipinski definition) is 3. The van der Waals surface area contributed by atoms with E-state index in [1.165, 1.54) is 25.7 Å². The summed E-state index contributed by atoms with van der Waals surface area (Å²) in [5.74, 6) is 3.33. The van der Waals surface area contributed by atoms with Crippen molar-refractivity contribution in [3.63, 3.8) is 0 Å². The molecule has 1 N–H and O–H groups in total. The van der Waals surface area contributed by atoms with E-state index in [2.05, 4.69) is 5.32 Å². The standard InChI is InChI=1S/C14H27NO2S/c1-3-18(16,17)8-4-5-14(15-2)13-10-11-6-7-12(13)9-11/h11-15H,3-10H2,1-2H3. The van der Waals surface area contributed by atoms with E-state index in [9.17, 15) is 8.42 Å². The average Bonchev–Trinajstić information content (AvgIpc) is 2.97. The van der Waals surface area contributed by atoms with Crippen LogP contribution in [0.1, 0.15) is 45.4 Å². The van der Waals surface area contributed by atoms with Crippen LogP contribution in [0.5, 0.6) is 0 Å². The molecule has 0 spiro atoms. The van der Waals surface area contributed by atoms with Crippen molar-refractivity contribution >= 4 is 9.84 Å². The number of rotatable bonds is 7. The van der Waals surface area contributed by atoms with Crippen molar-refractivity contribution in [2.75, 3.05) is 18.6 Å². The Morgan fingerprint density at radius 3 is 2.56 bits per heavy atom. The lowest BCUT2D eigenvalue weighted by Gasteiger charge is -2.30. The monoisotopic (exact) mass is 273 g/mol. The van der Waals surface area contributed by atoms with Crippen molar-refractivity contribution in [1.82, 2.24) is 5.32 Å². The minimum Gasteiger partial charge on any atom is -0.317 e. The maximum atomic E-state index is 11.5. The molecule has 4 heteroatoms. The van der Waals surface area contributed by atoms with Crippen LogP contribution < -0.4 is 5.32 Å². The van der Waals surface area contributed by atoms with Crippen LogP contribution in [-0.4, -0.2) is 33.0 Å². The summed E-state index contributed by atoms with van der Waals surface area (Å²) in [5, 5.41) is 3.44. The molecule has 4 unspecified atom stereocenters. The van der Waals surface area contributed by atoms with Crippen LogP contribution >= 0.6 is 0 Å². The highest BCUT2D eigenvalue weighted by molar-refractivity contribution is 7.91. The SMILES string of the molecule is CCS(=O)(=O)CCCC(NC)C1CC2CCC1C2. The molecule has 0 saturated heterocycles. The van der Waals surface area contributed by atoms with Gasteiger partial charge in [-0.05, 0) is 56.9 Å². The molecule has 18 heavy (non-hydrogen) atoms. The van der Waals surface area contributed by atoms with Crippen molar-refractivity contribution in [2.45, 2.75) is 51.5 Å². The van der Waals surface area contributed by atoms with Gasteiger partial charge in [-0.25, -0.2) is 8.42 Å². The second-order valence-corrected chi connectivity index (χ2v) is 8.59. The second-order valence-electron chi connectivity index (χ2n) is 6.11. The first-order valence-corrected chi connectivity index (χ1v) is 9.25. The summed E-state index contributed by atoms with van der Waals surface area (Å²) >= 11 is 0. The zero-order valence-electron chi connectivity index (χ0n) is 11.7. The predicted octanol–water partition coefficient (Wildman–Crippen LogP) is 2.23. The maximum absolute atomic E-state index is 11.5. The fraction of sp³-hybridized carbons (Fsp3) is 1.00. The zero-order chi connectivity index (χ0) is 13.2. The molecule has 2 aliphatic carbocycles. The summed E-state index contributed by atoms with van der Waals surface area (Å²) < 4.78 is 23.0. The molecule has 0 aromatic carbocycles. The molecule has 0 aromatic heterocycles. The lowest BCUT2D eigenvalue weighted by Crippen LogP contribution is -2.36. The molecular formula is C14H27NO2S. The Morgan fingerprint density at radius 1 is 1.28 bits per heavy atom. The van der Waals surface area contributed by atoms with Crippen LogP contribution in [0.25, 0.3) is 0 Å². The quantitative estimate of drug-likeness (QED) is 0.773. The molecule has 2 saturated carbocycles. The molecular weight excluding hydrogens is 246 g/mol. The number of hydrogen-bond donors (Lipinski definition) is 1. The van der Waals surface area contributed by atoms with Crippen molar-refractivity contribution in [2.24, 2.45) is 17.8 Å². The van der Waals surface area contributed by atoms with E-state index in [1.807, 2.05) is 7.05 Å². The zero-order valence-corrected chi connectivity index (χ0v) is 12.5. The molecule has 3 nitrogen and oxygen atoms in total. The molecule has 0 aromatic rings. The average molecular weight is 273 g/mol. The van der Waals surface area contributed by atoms with E-state index < -0.39 is 9.84 Å². The molecule has 0 aliphatic heterocycles. The largest absolute Gasteiger partial charge is 0.317 e. The van der Waals surface area contributed by atoms with Gasteiger partial charge in [-0.1, -0.05) is 13.3 Å². The molecule has 0 amide bonds. The highest BCUT2D eigenvalue weighted by atomic mass is 32.2. The predicted molar refractivity (Wildman–Crippen MR) is 75.3 cm³/mol. The fourth-order valence-corrected chi connectivity index (χ4v) is 4.92. The van der Waals surface area contributed by atoms with E-state index in [0.29, 0.717) is 11.8 Å². The van der Waals surface area contributed by atoms with Gasteiger partial charge in [0.05, 0.1) is 5.75 Å². The van der Waals surface area contributed by atoms with Gasteiger partial charge in [-0.15, -0.1) is 0 Å². The first kappa shape index (κ1) is 14.3. The van der Waals surface area contributed by atoms with Gasteiger partial charge in [-0.3, -0.25) is 0 Å². The summed E-state index contributed by atoms with van der Waals surface area (Å²) in [6, 6.07) is 0.535. The Labute approximate surface area is 112 Å². The molecule has 2 fully saturated rings.